The molecule has 3 rings (SSSR count). The minimum Gasteiger partial charge on any atom is -0.508 e. The maximum Gasteiger partial charge on any atom is 0.342 e. The standard InChI is InChI=1S/C10H11NO6.C7H6N2O4.C7H5NO5.C3H7BrO/c1-16-4-5-17-7-2-3-8(10(12)13)9(6-7)11(14)15;8-4-1-2-5(7(10)11)6(3-4)9(12)13;9-4-1-2-5(7(10)11)6(3-4)8(12)13;1-5-3-2-4/h2-3,6H,4-5H2,1H3,(H,12,13);1-3H,8H2,(H,10,11);1-3,9H,(H,10,11);2-3H2,1H3. The van der Waals surface area contributed by atoms with Gasteiger partial charge in [0, 0.05) is 31.3 Å². The second-order valence-corrected chi connectivity index (χ2v) is 9.16. The molecule has 0 aliphatic carbocycles. The molecule has 21 heteroatoms. The minimum atomic E-state index is -1.40. The first-order chi connectivity index (χ1) is 22.5. The highest BCUT2D eigenvalue weighted by molar-refractivity contribution is 9.09. The lowest BCUT2D eigenvalue weighted by molar-refractivity contribution is -0.385. The van der Waals surface area contributed by atoms with Gasteiger partial charge in [-0.05, 0) is 36.4 Å². The van der Waals surface area contributed by atoms with E-state index in [1.54, 1.807) is 7.11 Å². The molecule has 0 spiro atoms. The number of phenols is 1. The van der Waals surface area contributed by atoms with Crippen LogP contribution in [0.5, 0.6) is 11.5 Å². The Bertz CT molecular complexity index is 1530. The van der Waals surface area contributed by atoms with Crippen molar-refractivity contribution in [2.24, 2.45) is 0 Å². The molecule has 0 aliphatic heterocycles. The average molecular weight is 745 g/mol. The van der Waals surface area contributed by atoms with Gasteiger partial charge in [-0.1, -0.05) is 15.9 Å². The summed E-state index contributed by atoms with van der Waals surface area (Å²) in [7, 11) is 3.18. The smallest absolute Gasteiger partial charge is 0.342 e. The lowest BCUT2D eigenvalue weighted by atomic mass is 10.1. The van der Waals surface area contributed by atoms with Crippen molar-refractivity contribution in [2.45, 2.75) is 0 Å². The number of anilines is 1. The topological polar surface area (TPSA) is 315 Å². The summed E-state index contributed by atoms with van der Waals surface area (Å²) >= 11 is 3.18. The van der Waals surface area contributed by atoms with Gasteiger partial charge in [0.1, 0.15) is 34.8 Å². The third-order valence-electron chi connectivity index (χ3n) is 5.09. The van der Waals surface area contributed by atoms with Crippen molar-refractivity contribution in [3.63, 3.8) is 0 Å². The van der Waals surface area contributed by atoms with E-state index in [2.05, 4.69) is 20.7 Å². The number of nitrogen functional groups attached to an aromatic ring is 1. The van der Waals surface area contributed by atoms with E-state index in [-0.39, 0.29) is 34.9 Å². The summed E-state index contributed by atoms with van der Waals surface area (Å²) in [6.45, 7) is 1.38. The lowest BCUT2D eigenvalue weighted by Crippen LogP contribution is -2.06. The van der Waals surface area contributed by atoms with Crippen molar-refractivity contribution in [2.75, 3.05) is 45.1 Å². The molecule has 0 atom stereocenters. The molecule has 0 bridgehead atoms. The number of ether oxygens (including phenoxy) is 3. The highest BCUT2D eigenvalue weighted by atomic mass is 79.9. The zero-order chi connectivity index (χ0) is 37.0. The van der Waals surface area contributed by atoms with E-state index >= 15 is 0 Å². The number of aromatic carboxylic acids is 3. The number of nitro groups is 3. The van der Waals surface area contributed by atoms with Crippen LogP contribution in [0.4, 0.5) is 22.7 Å². The number of hydrogen-bond acceptors (Lipinski definition) is 14. The Morgan fingerprint density at radius 2 is 1.10 bits per heavy atom. The molecule has 0 heterocycles. The predicted molar refractivity (Wildman–Crippen MR) is 169 cm³/mol. The first-order valence-electron chi connectivity index (χ1n) is 12.7. The molecule has 0 aromatic heterocycles. The number of nitro benzene ring substituents is 3. The first kappa shape index (κ1) is 42.1. The second kappa shape index (κ2) is 21.7. The molecule has 0 aliphatic rings. The van der Waals surface area contributed by atoms with Crippen LogP contribution >= 0.6 is 15.9 Å². The van der Waals surface area contributed by atoms with Gasteiger partial charge < -0.3 is 40.4 Å². The van der Waals surface area contributed by atoms with Crippen LogP contribution in [0.2, 0.25) is 0 Å². The molecular weight excluding hydrogens is 716 g/mol. The fraction of sp³-hybridized carbons (Fsp3) is 0.222. The van der Waals surface area contributed by atoms with E-state index < -0.39 is 55.3 Å². The third kappa shape index (κ3) is 14.9. The summed E-state index contributed by atoms with van der Waals surface area (Å²) in [5, 5.41) is 67.0. The lowest BCUT2D eigenvalue weighted by Gasteiger charge is -2.06. The van der Waals surface area contributed by atoms with Crippen molar-refractivity contribution < 1.29 is 63.8 Å². The van der Waals surface area contributed by atoms with Gasteiger partial charge in [-0.3, -0.25) is 30.3 Å². The largest absolute Gasteiger partial charge is 0.508 e. The van der Waals surface area contributed by atoms with Gasteiger partial charge in [0.05, 0.1) is 40.1 Å². The molecule has 0 radical (unpaired) electrons. The number of carboxylic acid groups (broad SMARTS) is 3. The highest BCUT2D eigenvalue weighted by Gasteiger charge is 2.21. The number of benzene rings is 3. The minimum absolute atomic E-state index is 0.164. The molecule has 48 heavy (non-hydrogen) atoms. The van der Waals surface area contributed by atoms with Crippen LogP contribution in [0.15, 0.2) is 54.6 Å². The van der Waals surface area contributed by atoms with E-state index in [9.17, 15) is 44.7 Å². The van der Waals surface area contributed by atoms with E-state index in [4.69, 9.17) is 35.6 Å². The normalized spacial score (nSPS) is 9.56. The Labute approximate surface area is 278 Å². The number of nitrogens with zero attached hydrogens (tertiary/aromatic N) is 3. The Hall–Kier alpha value is -5.93. The molecule has 6 N–H and O–H groups in total. The summed E-state index contributed by atoms with van der Waals surface area (Å²) in [5.41, 5.74) is 2.66. The van der Waals surface area contributed by atoms with Crippen LogP contribution in [-0.2, 0) is 9.47 Å². The van der Waals surface area contributed by atoms with Crippen molar-refractivity contribution in [3.05, 3.63) is 102 Å². The number of aromatic hydroxyl groups is 1. The number of phenolic OH excluding ortho intramolecular Hbond substituents is 1. The van der Waals surface area contributed by atoms with Gasteiger partial charge in [0.15, 0.2) is 0 Å². The van der Waals surface area contributed by atoms with Gasteiger partial charge in [-0.15, -0.1) is 0 Å². The summed E-state index contributed by atoms with van der Waals surface area (Å²) < 4.78 is 14.5. The molecule has 3 aromatic carbocycles. The highest BCUT2D eigenvalue weighted by Crippen LogP contribution is 2.25. The summed E-state index contributed by atoms with van der Waals surface area (Å²) in [5.74, 6) is -4.19. The predicted octanol–water partition coefficient (Wildman–Crippen LogP) is 4.22. The molecule has 0 saturated carbocycles. The third-order valence-corrected chi connectivity index (χ3v) is 5.41. The number of rotatable bonds is 12. The van der Waals surface area contributed by atoms with Gasteiger partial charge in [0.2, 0.25) is 0 Å². The zero-order valence-electron chi connectivity index (χ0n) is 25.0. The van der Waals surface area contributed by atoms with Crippen LogP contribution < -0.4 is 10.5 Å². The molecule has 0 saturated heterocycles. The maximum absolute atomic E-state index is 10.7. The van der Waals surface area contributed by atoms with Crippen molar-refractivity contribution in [1.29, 1.82) is 0 Å². The second-order valence-electron chi connectivity index (χ2n) is 8.37. The molecule has 3 aromatic rings. The Morgan fingerprint density at radius 1 is 0.688 bits per heavy atom. The van der Waals surface area contributed by atoms with E-state index in [1.165, 1.54) is 19.2 Å². The number of alkyl halides is 1. The summed E-state index contributed by atoms with van der Waals surface area (Å²) in [4.78, 5) is 60.6. The van der Waals surface area contributed by atoms with Gasteiger partial charge in [-0.25, -0.2) is 14.4 Å². The number of halogens is 1. The van der Waals surface area contributed by atoms with E-state index in [0.29, 0.717) is 6.61 Å². The fourth-order valence-corrected chi connectivity index (χ4v) is 3.31. The number of carbonyl (C=O) groups is 3. The SMILES string of the molecule is COCCBr.COCCOc1ccc(C(=O)O)c([N+](=O)[O-])c1.Nc1ccc(C(=O)O)c([N+](=O)[O-])c1.O=C(O)c1ccc(O)cc1[N+](=O)[O-]. The monoisotopic (exact) mass is 744 g/mol. The number of hydrogen-bond donors (Lipinski definition) is 5. The van der Waals surface area contributed by atoms with Crippen LogP contribution in [-0.4, -0.2) is 92.5 Å². The molecule has 0 unspecified atom stereocenters. The maximum atomic E-state index is 10.7. The number of carboxylic acids is 3. The number of methoxy groups -OCH3 is 2. The van der Waals surface area contributed by atoms with Crippen LogP contribution in [0.3, 0.4) is 0 Å². The molecular formula is C27H29BrN4O16. The van der Waals surface area contributed by atoms with Crippen LogP contribution in [0, 0.1) is 30.3 Å². The van der Waals surface area contributed by atoms with Gasteiger partial charge in [-0.2, -0.15) is 0 Å². The molecule has 260 valence electrons. The summed E-state index contributed by atoms with van der Waals surface area (Å²) in [6.07, 6.45) is 0. The summed E-state index contributed by atoms with van der Waals surface area (Å²) in [6, 6.07) is 9.87. The fourth-order valence-electron chi connectivity index (χ4n) is 2.99. The quantitative estimate of drug-likeness (QED) is 0.0569. The molecule has 0 amide bonds. The van der Waals surface area contributed by atoms with Gasteiger partial charge >= 0.3 is 17.9 Å². The van der Waals surface area contributed by atoms with Crippen LogP contribution in [0.1, 0.15) is 31.1 Å². The Kier molecular flexibility index (Phi) is 19.1. The van der Waals surface area contributed by atoms with Crippen LogP contribution in [0.25, 0.3) is 0 Å². The zero-order valence-corrected chi connectivity index (χ0v) is 26.6. The molecule has 20 nitrogen and oxygen atoms in total. The average Bonchev–Trinajstić information content (AvgIpc) is 3.02. The van der Waals surface area contributed by atoms with E-state index in [1.807, 2.05) is 0 Å². The van der Waals surface area contributed by atoms with Crippen molar-refractivity contribution >= 4 is 56.6 Å². The first-order valence-corrected chi connectivity index (χ1v) is 13.8. The Morgan fingerprint density at radius 3 is 1.50 bits per heavy atom. The van der Waals surface area contributed by atoms with E-state index in [0.717, 1.165) is 54.4 Å². The number of nitrogens with two attached hydrogens (primary N) is 1. The van der Waals surface area contributed by atoms with Crippen molar-refractivity contribution in [1.82, 2.24) is 0 Å². The Balaban J connectivity index is 0.000000651. The molecule has 0 fully saturated rings. The van der Waals surface area contributed by atoms with Gasteiger partial charge in [0.25, 0.3) is 17.1 Å². The van der Waals surface area contributed by atoms with Crippen molar-refractivity contribution in [3.8, 4) is 11.5 Å².